The molecule has 0 spiro atoms. The molecule has 6 heteroatoms. The number of methoxy groups -OCH3 is 1. The average molecular weight is 399 g/mol. The molecule has 1 aromatic carbocycles. The van der Waals surface area contributed by atoms with Gasteiger partial charge in [-0.2, -0.15) is 0 Å². The zero-order valence-corrected chi connectivity index (χ0v) is 18.0. The summed E-state index contributed by atoms with van der Waals surface area (Å²) in [6.45, 7) is 3.29. The van der Waals surface area contributed by atoms with Crippen molar-refractivity contribution in [2.75, 3.05) is 34.3 Å². The summed E-state index contributed by atoms with van der Waals surface area (Å²) < 4.78 is 5.53. The van der Waals surface area contributed by atoms with Crippen LogP contribution in [0.3, 0.4) is 0 Å². The summed E-state index contributed by atoms with van der Waals surface area (Å²) >= 11 is 0. The van der Waals surface area contributed by atoms with E-state index in [2.05, 4.69) is 27.3 Å². The molecule has 1 saturated carbocycles. The first-order valence-corrected chi connectivity index (χ1v) is 10.9. The van der Waals surface area contributed by atoms with Crippen LogP contribution >= 0.6 is 0 Å². The highest BCUT2D eigenvalue weighted by Crippen LogP contribution is 2.33. The van der Waals surface area contributed by atoms with Crippen LogP contribution in [0.4, 0.5) is 4.79 Å². The second-order valence-corrected chi connectivity index (χ2v) is 8.84. The van der Waals surface area contributed by atoms with Crippen LogP contribution < -0.4 is 10.1 Å². The molecule has 29 heavy (non-hydrogen) atoms. The van der Waals surface area contributed by atoms with E-state index in [-0.39, 0.29) is 6.03 Å². The van der Waals surface area contributed by atoms with Gasteiger partial charge in [-0.15, -0.1) is 0 Å². The van der Waals surface area contributed by atoms with Crippen molar-refractivity contribution in [2.45, 2.75) is 51.1 Å². The number of carbonyl (C=O) groups is 1. The molecule has 0 atom stereocenters. The number of nitrogens with zero attached hydrogens (tertiary/aromatic N) is 2. The minimum absolute atomic E-state index is 0.0348. The van der Waals surface area contributed by atoms with Crippen LogP contribution in [0.15, 0.2) is 18.2 Å². The number of H-pyrrole nitrogens is 1. The third kappa shape index (κ3) is 4.37. The topological polar surface area (TPSA) is 60.6 Å². The standard InChI is InChI=1S/C23H34N4O2/c1-26(2)23(28)24-17-9-7-16(8-10-17)11-13-27-14-12-18-19-5-4-6-21(29-3)22(19)25-20(18)15-27/h4-6,16-17,25H,7-15H2,1-3H3,(H,24,28)/t16-,17-. The summed E-state index contributed by atoms with van der Waals surface area (Å²) in [7, 11) is 5.34. The fourth-order valence-corrected chi connectivity index (χ4v) is 4.92. The third-order valence-electron chi connectivity index (χ3n) is 6.71. The highest BCUT2D eigenvalue weighted by molar-refractivity contribution is 5.89. The molecule has 2 amide bonds. The average Bonchev–Trinajstić information content (AvgIpc) is 3.11. The van der Waals surface area contributed by atoms with E-state index in [4.69, 9.17) is 4.74 Å². The maximum Gasteiger partial charge on any atom is 0.317 e. The third-order valence-corrected chi connectivity index (χ3v) is 6.71. The molecule has 0 radical (unpaired) electrons. The van der Waals surface area contributed by atoms with E-state index in [1.54, 1.807) is 26.1 Å². The van der Waals surface area contributed by atoms with Gasteiger partial charge < -0.3 is 19.9 Å². The first kappa shape index (κ1) is 20.1. The minimum atomic E-state index is 0.0348. The summed E-state index contributed by atoms with van der Waals surface area (Å²) in [6, 6.07) is 6.70. The molecular formula is C23H34N4O2. The van der Waals surface area contributed by atoms with E-state index in [1.165, 1.54) is 35.9 Å². The van der Waals surface area contributed by atoms with Gasteiger partial charge in [-0.3, -0.25) is 4.90 Å². The Morgan fingerprint density at radius 3 is 2.79 bits per heavy atom. The molecule has 1 aliphatic carbocycles. The van der Waals surface area contributed by atoms with Crippen molar-refractivity contribution >= 4 is 16.9 Å². The fourth-order valence-electron chi connectivity index (χ4n) is 4.92. The van der Waals surface area contributed by atoms with E-state index >= 15 is 0 Å². The number of rotatable bonds is 5. The summed E-state index contributed by atoms with van der Waals surface area (Å²) in [5.74, 6) is 1.72. The quantitative estimate of drug-likeness (QED) is 0.806. The van der Waals surface area contributed by atoms with Crippen molar-refractivity contribution in [3.8, 4) is 5.75 Å². The highest BCUT2D eigenvalue weighted by Gasteiger charge is 2.25. The lowest BCUT2D eigenvalue weighted by Gasteiger charge is -2.32. The van der Waals surface area contributed by atoms with E-state index < -0.39 is 0 Å². The molecule has 1 fully saturated rings. The number of amides is 2. The van der Waals surface area contributed by atoms with Gasteiger partial charge in [-0.05, 0) is 62.6 Å². The van der Waals surface area contributed by atoms with Gasteiger partial charge in [0, 0.05) is 44.3 Å². The number of para-hydroxylation sites is 1. The van der Waals surface area contributed by atoms with Gasteiger partial charge in [-0.1, -0.05) is 12.1 Å². The van der Waals surface area contributed by atoms with E-state index in [0.717, 1.165) is 56.1 Å². The van der Waals surface area contributed by atoms with Gasteiger partial charge in [0.25, 0.3) is 0 Å². The Kier molecular flexibility index (Phi) is 5.99. The minimum Gasteiger partial charge on any atom is -0.495 e. The Balaban J connectivity index is 1.28. The first-order valence-electron chi connectivity index (χ1n) is 10.9. The zero-order chi connectivity index (χ0) is 20.4. The van der Waals surface area contributed by atoms with Gasteiger partial charge in [0.2, 0.25) is 0 Å². The molecule has 1 aliphatic heterocycles. The molecule has 0 unspecified atom stereocenters. The predicted octanol–water partition coefficient (Wildman–Crippen LogP) is 3.75. The SMILES string of the molecule is COc1cccc2c3c([nH]c12)CN(CC[C@H]1CC[C@H](NC(=O)N(C)C)CC1)CC3. The molecule has 2 N–H and O–H groups in total. The number of aromatic amines is 1. The highest BCUT2D eigenvalue weighted by atomic mass is 16.5. The first-order chi connectivity index (χ1) is 14.0. The van der Waals surface area contributed by atoms with E-state index in [1.807, 2.05) is 6.07 Å². The number of nitrogens with one attached hydrogen (secondary N) is 2. The Morgan fingerprint density at radius 1 is 1.28 bits per heavy atom. The van der Waals surface area contributed by atoms with Crippen molar-refractivity contribution in [3.63, 3.8) is 0 Å². The van der Waals surface area contributed by atoms with Crippen LogP contribution in [-0.2, 0) is 13.0 Å². The summed E-state index contributed by atoms with van der Waals surface area (Å²) in [5.41, 5.74) is 3.96. The van der Waals surface area contributed by atoms with E-state index in [9.17, 15) is 4.79 Å². The summed E-state index contributed by atoms with van der Waals surface area (Å²) in [4.78, 5) is 19.7. The predicted molar refractivity (Wildman–Crippen MR) is 116 cm³/mol. The lowest BCUT2D eigenvalue weighted by atomic mass is 9.84. The maximum atomic E-state index is 11.8. The van der Waals surface area contributed by atoms with Crippen LogP contribution in [0.1, 0.15) is 43.4 Å². The molecule has 2 aliphatic rings. The van der Waals surface area contributed by atoms with Crippen molar-refractivity contribution in [2.24, 2.45) is 5.92 Å². The van der Waals surface area contributed by atoms with Crippen LogP contribution in [0.2, 0.25) is 0 Å². The fraction of sp³-hybridized carbons (Fsp3) is 0.609. The molecule has 2 aromatic rings. The van der Waals surface area contributed by atoms with Crippen LogP contribution in [0, 0.1) is 5.92 Å². The number of hydrogen-bond donors (Lipinski definition) is 2. The lowest BCUT2D eigenvalue weighted by Crippen LogP contribution is -2.43. The second-order valence-electron chi connectivity index (χ2n) is 8.84. The van der Waals surface area contributed by atoms with Gasteiger partial charge >= 0.3 is 6.03 Å². The van der Waals surface area contributed by atoms with Gasteiger partial charge in [0.05, 0.1) is 12.6 Å². The number of carbonyl (C=O) groups excluding carboxylic acids is 1. The van der Waals surface area contributed by atoms with Gasteiger partial charge in [0.1, 0.15) is 5.75 Å². The largest absolute Gasteiger partial charge is 0.495 e. The molecule has 4 rings (SSSR count). The number of aromatic nitrogens is 1. The molecule has 2 heterocycles. The van der Waals surface area contributed by atoms with Crippen molar-refractivity contribution in [1.82, 2.24) is 20.1 Å². The van der Waals surface area contributed by atoms with Crippen LogP contribution in [-0.4, -0.2) is 61.2 Å². The Labute approximate surface area is 173 Å². The number of benzene rings is 1. The molecule has 6 nitrogen and oxygen atoms in total. The number of hydrogen-bond acceptors (Lipinski definition) is 3. The van der Waals surface area contributed by atoms with Crippen molar-refractivity contribution < 1.29 is 9.53 Å². The molecular weight excluding hydrogens is 364 g/mol. The molecule has 0 bridgehead atoms. The van der Waals surface area contributed by atoms with Gasteiger partial charge in [0.15, 0.2) is 0 Å². The molecule has 158 valence electrons. The number of ether oxygens (including phenoxy) is 1. The summed E-state index contributed by atoms with van der Waals surface area (Å²) in [5, 5.41) is 4.46. The monoisotopic (exact) mass is 398 g/mol. The van der Waals surface area contributed by atoms with Crippen molar-refractivity contribution in [3.05, 3.63) is 29.5 Å². The van der Waals surface area contributed by atoms with Crippen LogP contribution in [0.5, 0.6) is 5.75 Å². The second kappa shape index (κ2) is 8.66. The Hall–Kier alpha value is -2.21. The molecule has 0 saturated heterocycles. The summed E-state index contributed by atoms with van der Waals surface area (Å²) in [6.07, 6.45) is 7.02. The van der Waals surface area contributed by atoms with Crippen molar-refractivity contribution in [1.29, 1.82) is 0 Å². The van der Waals surface area contributed by atoms with Crippen LogP contribution in [0.25, 0.3) is 10.9 Å². The zero-order valence-electron chi connectivity index (χ0n) is 18.0. The van der Waals surface area contributed by atoms with Gasteiger partial charge in [-0.25, -0.2) is 4.79 Å². The molecule has 1 aromatic heterocycles. The normalized spacial score (nSPS) is 22.3. The van der Waals surface area contributed by atoms with E-state index in [0.29, 0.717) is 6.04 Å². The number of fused-ring (bicyclic) bond motifs is 3. The smallest absolute Gasteiger partial charge is 0.317 e. The lowest BCUT2D eigenvalue weighted by molar-refractivity contribution is 0.192. The number of urea groups is 1. The maximum absolute atomic E-state index is 11.8. The Morgan fingerprint density at radius 2 is 2.07 bits per heavy atom. The Bertz CT molecular complexity index is 852.